The molecule has 44 heavy (non-hydrogen) atoms. The Hall–Kier alpha value is -4.22. The molecule has 0 N–H and O–H groups in total. The van der Waals surface area contributed by atoms with Crippen molar-refractivity contribution in [3.05, 3.63) is 77.0 Å². The van der Waals surface area contributed by atoms with Crippen molar-refractivity contribution in [2.75, 3.05) is 19.7 Å². The molecule has 1 saturated carbocycles. The van der Waals surface area contributed by atoms with Gasteiger partial charge in [0, 0.05) is 47.4 Å². The standard InChI is InChI=1S/C33H34FN5O5/c34-26-16-23(32(41)22-4-5-22)6-7-24(26)19-43-30-3-1-2-27(36-30)21-10-13-38(14-11-21)18-29-35-28-8-9-31(44-20-40)37-33(28)39(29)17-25-12-15-42-25/h1-3,6-9,16,20-22,25H,4-5,10-15,17-19H2/t25-/m0/s1. The SMILES string of the molecule is O=COc1ccc2nc(CN3CCC(c4cccc(OCc5ccc(C(=O)C6CC6)cc5F)n4)CC3)n(C[C@@H]3CCO3)c2n1. The molecule has 0 radical (unpaired) electrons. The lowest BCUT2D eigenvalue weighted by Gasteiger charge is -2.32. The second-order valence-electron chi connectivity index (χ2n) is 11.8. The van der Waals surface area contributed by atoms with E-state index in [0.717, 1.165) is 68.8 Å². The lowest BCUT2D eigenvalue weighted by atomic mass is 9.93. The van der Waals surface area contributed by atoms with E-state index >= 15 is 0 Å². The number of hydrogen-bond donors (Lipinski definition) is 0. The molecule has 0 unspecified atom stereocenters. The predicted molar refractivity (Wildman–Crippen MR) is 158 cm³/mol. The topological polar surface area (TPSA) is 109 Å². The Labute approximate surface area is 254 Å². The number of halogens is 1. The molecule has 4 aromatic rings. The molecule has 2 saturated heterocycles. The second kappa shape index (κ2) is 12.4. The highest BCUT2D eigenvalue weighted by molar-refractivity contribution is 5.99. The van der Waals surface area contributed by atoms with E-state index in [4.69, 9.17) is 24.2 Å². The largest absolute Gasteiger partial charge is 0.473 e. The summed E-state index contributed by atoms with van der Waals surface area (Å²) in [6.07, 6.45) is 4.77. The summed E-state index contributed by atoms with van der Waals surface area (Å²) in [6.45, 7) is 4.28. The van der Waals surface area contributed by atoms with Crippen molar-refractivity contribution in [2.45, 2.75) is 63.8 Å². The van der Waals surface area contributed by atoms with Crippen LogP contribution in [-0.2, 0) is 29.2 Å². The number of piperidine rings is 1. The molecule has 1 atom stereocenters. The summed E-state index contributed by atoms with van der Waals surface area (Å²) in [6, 6.07) is 13.9. The Kier molecular flexibility index (Phi) is 8.05. The summed E-state index contributed by atoms with van der Waals surface area (Å²) in [7, 11) is 0. The van der Waals surface area contributed by atoms with Gasteiger partial charge in [0.2, 0.25) is 11.8 Å². The number of hydrogen-bond acceptors (Lipinski definition) is 9. The van der Waals surface area contributed by atoms with Crippen molar-refractivity contribution in [3.63, 3.8) is 0 Å². The van der Waals surface area contributed by atoms with Crippen molar-refractivity contribution in [2.24, 2.45) is 5.92 Å². The lowest BCUT2D eigenvalue weighted by Crippen LogP contribution is -2.35. The molecule has 3 aromatic heterocycles. The molecule has 3 fully saturated rings. The molecule has 2 aliphatic heterocycles. The maximum atomic E-state index is 14.7. The van der Waals surface area contributed by atoms with Crippen LogP contribution >= 0.6 is 0 Å². The van der Waals surface area contributed by atoms with Crippen LogP contribution in [0.3, 0.4) is 0 Å². The first-order valence-corrected chi connectivity index (χ1v) is 15.3. The number of ether oxygens (including phenoxy) is 3. The average Bonchev–Trinajstić information content (AvgIpc) is 3.82. The van der Waals surface area contributed by atoms with E-state index < -0.39 is 5.82 Å². The lowest BCUT2D eigenvalue weighted by molar-refractivity contribution is -0.120. The molecule has 0 bridgehead atoms. The van der Waals surface area contributed by atoms with Crippen LogP contribution in [0, 0.1) is 11.7 Å². The predicted octanol–water partition coefficient (Wildman–Crippen LogP) is 4.84. The third kappa shape index (κ3) is 6.20. The quantitative estimate of drug-likeness (QED) is 0.167. The minimum absolute atomic E-state index is 0.0236. The summed E-state index contributed by atoms with van der Waals surface area (Å²) >= 11 is 0. The smallest absolute Gasteiger partial charge is 0.299 e. The number of fused-ring (bicyclic) bond motifs is 1. The van der Waals surface area contributed by atoms with Gasteiger partial charge in [-0.15, -0.1) is 0 Å². The zero-order valence-electron chi connectivity index (χ0n) is 24.4. The Morgan fingerprint density at radius 2 is 1.84 bits per heavy atom. The van der Waals surface area contributed by atoms with Gasteiger partial charge in [0.05, 0.1) is 19.2 Å². The highest BCUT2D eigenvalue weighted by Crippen LogP contribution is 2.33. The first kappa shape index (κ1) is 28.5. The summed E-state index contributed by atoms with van der Waals surface area (Å²) in [4.78, 5) is 39.6. The van der Waals surface area contributed by atoms with Crippen LogP contribution < -0.4 is 9.47 Å². The van der Waals surface area contributed by atoms with E-state index in [1.165, 1.54) is 6.07 Å². The highest BCUT2D eigenvalue weighted by atomic mass is 19.1. The number of ketones is 1. The van der Waals surface area contributed by atoms with Gasteiger partial charge in [-0.25, -0.2) is 14.4 Å². The van der Waals surface area contributed by atoms with E-state index in [1.54, 1.807) is 24.3 Å². The number of imidazole rings is 1. The van der Waals surface area contributed by atoms with Gasteiger partial charge in [0.15, 0.2) is 11.4 Å². The molecule has 7 rings (SSSR count). The Morgan fingerprint density at radius 3 is 2.57 bits per heavy atom. The molecule has 5 heterocycles. The summed E-state index contributed by atoms with van der Waals surface area (Å²) in [5.41, 5.74) is 3.24. The number of nitrogens with zero attached hydrogens (tertiary/aromatic N) is 5. The zero-order valence-corrected chi connectivity index (χ0v) is 24.4. The van der Waals surface area contributed by atoms with Crippen molar-refractivity contribution < 1.29 is 28.2 Å². The van der Waals surface area contributed by atoms with Gasteiger partial charge in [0.1, 0.15) is 23.8 Å². The molecule has 3 aliphatic rings. The van der Waals surface area contributed by atoms with Crippen molar-refractivity contribution in [1.82, 2.24) is 24.4 Å². The molecule has 228 valence electrons. The number of carbonyl (C=O) groups excluding carboxylic acids is 2. The third-order valence-corrected chi connectivity index (χ3v) is 8.77. The molecule has 1 aromatic carbocycles. The van der Waals surface area contributed by atoms with Gasteiger partial charge in [-0.3, -0.25) is 14.5 Å². The first-order chi connectivity index (χ1) is 21.5. The van der Waals surface area contributed by atoms with E-state index in [0.29, 0.717) is 42.2 Å². The van der Waals surface area contributed by atoms with Crippen LogP contribution in [0.1, 0.15) is 65.5 Å². The van der Waals surface area contributed by atoms with Gasteiger partial charge in [-0.1, -0.05) is 18.2 Å². The van der Waals surface area contributed by atoms with Crippen molar-refractivity contribution in [1.29, 1.82) is 0 Å². The fourth-order valence-corrected chi connectivity index (χ4v) is 5.97. The van der Waals surface area contributed by atoms with Crippen LogP contribution in [0.25, 0.3) is 11.2 Å². The molecule has 1 aliphatic carbocycles. The van der Waals surface area contributed by atoms with Gasteiger partial charge in [-0.2, -0.15) is 4.98 Å². The molecule has 10 nitrogen and oxygen atoms in total. The Balaban J connectivity index is 0.974. The van der Waals surface area contributed by atoms with Crippen LogP contribution in [0.2, 0.25) is 0 Å². The second-order valence-corrected chi connectivity index (χ2v) is 11.8. The Bertz CT molecular complexity index is 1680. The maximum Gasteiger partial charge on any atom is 0.299 e. The third-order valence-electron chi connectivity index (χ3n) is 8.77. The number of pyridine rings is 2. The summed E-state index contributed by atoms with van der Waals surface area (Å²) in [5, 5.41) is 0. The number of benzene rings is 1. The zero-order chi connectivity index (χ0) is 30.0. The van der Waals surface area contributed by atoms with E-state index in [1.807, 2.05) is 18.2 Å². The molecular weight excluding hydrogens is 565 g/mol. The van der Waals surface area contributed by atoms with Gasteiger partial charge >= 0.3 is 0 Å². The fraction of sp³-hybridized carbons (Fsp3) is 0.424. The molecular formula is C33H34FN5O5. The summed E-state index contributed by atoms with van der Waals surface area (Å²) < 4.78 is 33.3. The Morgan fingerprint density at radius 1 is 1.00 bits per heavy atom. The number of aromatic nitrogens is 4. The minimum Gasteiger partial charge on any atom is -0.473 e. The number of rotatable bonds is 12. The first-order valence-electron chi connectivity index (χ1n) is 15.3. The van der Waals surface area contributed by atoms with E-state index in [2.05, 4.69) is 14.5 Å². The van der Waals surface area contributed by atoms with E-state index in [9.17, 15) is 14.0 Å². The molecule has 0 spiro atoms. The van der Waals surface area contributed by atoms with Crippen LogP contribution in [0.4, 0.5) is 4.39 Å². The van der Waals surface area contributed by atoms with Crippen LogP contribution in [0.5, 0.6) is 11.8 Å². The average molecular weight is 600 g/mol. The maximum absolute atomic E-state index is 14.7. The van der Waals surface area contributed by atoms with E-state index in [-0.39, 0.29) is 36.2 Å². The van der Waals surface area contributed by atoms with Crippen LogP contribution in [-0.4, -0.2) is 62.5 Å². The van der Waals surface area contributed by atoms with Crippen LogP contribution in [0.15, 0.2) is 48.5 Å². The minimum atomic E-state index is -0.431. The molecule has 11 heteroatoms. The van der Waals surface area contributed by atoms with Gasteiger partial charge in [-0.05, 0) is 63.4 Å². The number of Topliss-reactive ketones (excluding diaryl/α,β-unsaturated/α-hetero) is 1. The number of carbonyl (C=O) groups is 2. The van der Waals surface area contributed by atoms with Gasteiger partial charge in [0.25, 0.3) is 6.47 Å². The summed E-state index contributed by atoms with van der Waals surface area (Å²) in [5.74, 6) is 1.55. The normalized spacial score (nSPS) is 19.1. The molecule has 0 amide bonds. The highest BCUT2D eigenvalue weighted by Gasteiger charge is 2.31. The van der Waals surface area contributed by atoms with Crippen molar-refractivity contribution in [3.8, 4) is 11.8 Å². The van der Waals surface area contributed by atoms with Crippen molar-refractivity contribution >= 4 is 23.4 Å². The fourth-order valence-electron chi connectivity index (χ4n) is 5.97. The monoisotopic (exact) mass is 599 g/mol. The number of likely N-dealkylation sites (tertiary alicyclic amines) is 1. The van der Waals surface area contributed by atoms with Gasteiger partial charge < -0.3 is 18.8 Å².